The number of fused-ring (bicyclic) bond motifs is 5. The van der Waals surface area contributed by atoms with Crippen LogP contribution in [0.15, 0.2) is 85.1 Å². The van der Waals surface area contributed by atoms with Gasteiger partial charge in [-0.05, 0) is 68.0 Å². The lowest BCUT2D eigenvalue weighted by atomic mass is 10.1. The molecule has 8 rings (SSSR count). The molecule has 0 unspecified atom stereocenters. The second kappa shape index (κ2) is 15.2. The van der Waals surface area contributed by atoms with Crippen LogP contribution in [0.5, 0.6) is 0 Å². The molecule has 3 atom stereocenters. The van der Waals surface area contributed by atoms with Crippen molar-refractivity contribution in [3.63, 3.8) is 0 Å². The fourth-order valence-corrected chi connectivity index (χ4v) is 8.03. The highest BCUT2D eigenvalue weighted by Crippen LogP contribution is 2.33. The van der Waals surface area contributed by atoms with E-state index in [0.29, 0.717) is 60.9 Å². The maximum absolute atomic E-state index is 15.2. The smallest absolute Gasteiger partial charge is 0.260 e. The number of pyridine rings is 1. The number of likely N-dealkylation sites (tertiary alicyclic amines) is 1. The maximum Gasteiger partial charge on any atom is 0.260 e. The molecular weight excluding hydrogens is 720 g/mol. The third kappa shape index (κ3) is 7.18. The first kappa shape index (κ1) is 36.8. The van der Waals surface area contributed by atoms with Crippen LogP contribution in [-0.4, -0.2) is 84.7 Å². The number of nitrogens with one attached hydrogen (secondary N) is 2. The number of benzene rings is 3. The molecule has 2 N–H and O–H groups in total. The maximum atomic E-state index is 15.2. The van der Waals surface area contributed by atoms with E-state index in [2.05, 4.69) is 20.7 Å². The summed E-state index contributed by atoms with van der Waals surface area (Å²) < 4.78 is 47.5. The predicted molar refractivity (Wildman–Crippen MR) is 208 cm³/mol. The van der Waals surface area contributed by atoms with Crippen molar-refractivity contribution in [2.75, 3.05) is 37.3 Å². The highest BCUT2D eigenvalue weighted by Gasteiger charge is 2.42. The van der Waals surface area contributed by atoms with Crippen molar-refractivity contribution in [1.29, 1.82) is 0 Å². The van der Waals surface area contributed by atoms with Gasteiger partial charge < -0.3 is 25.0 Å². The number of hydrogen-bond acceptors (Lipinski definition) is 7. The second-order valence-electron chi connectivity index (χ2n) is 14.8. The Balaban J connectivity index is 1.14. The molecule has 1 saturated heterocycles. The molecule has 0 spiro atoms. The van der Waals surface area contributed by atoms with Gasteiger partial charge >= 0.3 is 0 Å². The van der Waals surface area contributed by atoms with Gasteiger partial charge in [0.15, 0.2) is 5.82 Å². The molecule has 0 saturated carbocycles. The molecule has 288 valence electrons. The summed E-state index contributed by atoms with van der Waals surface area (Å²) in [6.45, 7) is 5.39. The van der Waals surface area contributed by atoms with Gasteiger partial charge in [-0.15, -0.1) is 0 Å². The van der Waals surface area contributed by atoms with Crippen molar-refractivity contribution in [3.8, 4) is 16.9 Å². The molecule has 0 aliphatic carbocycles. The molecular formula is C42H42F3N9O2. The lowest BCUT2D eigenvalue weighted by Gasteiger charge is -2.29. The molecule has 5 heterocycles. The van der Waals surface area contributed by atoms with Crippen molar-refractivity contribution in [1.82, 2.24) is 34.1 Å². The standard InChI is InChI=1S/C42H42F3N9O2/c1-25-22-51(3)42(56)37-20-30(49-38-13-7-12-34(50-38)31-17-29(44)19-35-39(31)52(23-25)26(2)48-35)24-53(37)41(55)32-21-47-54(36-15-14-28(43)18-33(36)45)40(32)46-16-8-11-27-9-5-4-6-10-27/h4-7,9-10,12-15,17-19,21,25,30,37,46H,8,11,16,20,22-24H2,1-3H3,(H,49,50)/t25-,30-,37-/m0/s1. The number of halogens is 3. The minimum atomic E-state index is -0.839. The van der Waals surface area contributed by atoms with E-state index in [9.17, 15) is 18.4 Å². The number of hydrogen-bond donors (Lipinski definition) is 2. The van der Waals surface area contributed by atoms with E-state index in [4.69, 9.17) is 4.98 Å². The zero-order valence-corrected chi connectivity index (χ0v) is 31.3. The van der Waals surface area contributed by atoms with Crippen molar-refractivity contribution in [2.45, 2.75) is 51.7 Å². The summed E-state index contributed by atoms with van der Waals surface area (Å²) in [4.78, 5) is 41.9. The fraction of sp³-hybridized carbons (Fsp3) is 0.310. The number of amides is 2. The Kier molecular flexibility index (Phi) is 9.96. The average Bonchev–Trinajstić information content (AvgIpc) is 3.87. The number of rotatable bonds is 7. The predicted octanol–water partition coefficient (Wildman–Crippen LogP) is 6.86. The zero-order chi connectivity index (χ0) is 39.1. The summed E-state index contributed by atoms with van der Waals surface area (Å²) in [6, 6.07) is 20.3. The van der Waals surface area contributed by atoms with Gasteiger partial charge in [0.2, 0.25) is 5.91 Å². The third-order valence-corrected chi connectivity index (χ3v) is 10.6. The molecule has 2 aliphatic heterocycles. The van der Waals surface area contributed by atoms with Gasteiger partial charge in [0.25, 0.3) is 5.91 Å². The topological polar surface area (TPSA) is 113 Å². The van der Waals surface area contributed by atoms with E-state index in [-0.39, 0.29) is 41.5 Å². The molecule has 2 aliphatic rings. The molecule has 1 fully saturated rings. The normalized spacial score (nSPS) is 18.5. The van der Waals surface area contributed by atoms with Gasteiger partial charge in [-0.3, -0.25) is 9.59 Å². The number of carbonyl (C=O) groups excluding carboxylic acids is 2. The monoisotopic (exact) mass is 761 g/mol. The molecule has 0 radical (unpaired) electrons. The Morgan fingerprint density at radius 2 is 1.77 bits per heavy atom. The highest BCUT2D eigenvalue weighted by molar-refractivity contribution is 6.02. The summed E-state index contributed by atoms with van der Waals surface area (Å²) in [5.74, 6) is -1.27. The Labute approximate surface area is 322 Å². The molecule has 6 aromatic rings. The van der Waals surface area contributed by atoms with Crippen LogP contribution in [0.4, 0.5) is 24.8 Å². The van der Waals surface area contributed by atoms with Crippen LogP contribution in [0.1, 0.15) is 41.5 Å². The van der Waals surface area contributed by atoms with E-state index in [1.54, 1.807) is 22.9 Å². The minimum absolute atomic E-state index is 0.0300. The summed E-state index contributed by atoms with van der Waals surface area (Å²) in [7, 11) is 1.74. The quantitative estimate of drug-likeness (QED) is 0.171. The summed E-state index contributed by atoms with van der Waals surface area (Å²) in [5, 5.41) is 11.2. The molecule has 11 nitrogen and oxygen atoms in total. The lowest BCUT2D eigenvalue weighted by molar-refractivity contribution is -0.134. The van der Waals surface area contributed by atoms with Gasteiger partial charge in [0, 0.05) is 57.0 Å². The summed E-state index contributed by atoms with van der Waals surface area (Å²) in [5.41, 5.74) is 3.73. The van der Waals surface area contributed by atoms with E-state index in [1.807, 2.05) is 60.9 Å². The van der Waals surface area contributed by atoms with Crippen molar-refractivity contribution < 1.29 is 22.8 Å². The van der Waals surface area contributed by atoms with Crippen LogP contribution in [0, 0.1) is 30.3 Å². The van der Waals surface area contributed by atoms with E-state index in [1.165, 1.54) is 29.1 Å². The minimum Gasteiger partial charge on any atom is -0.369 e. The zero-order valence-electron chi connectivity index (χ0n) is 31.3. The van der Waals surface area contributed by atoms with Crippen LogP contribution in [0.2, 0.25) is 0 Å². The summed E-state index contributed by atoms with van der Waals surface area (Å²) in [6.07, 6.45) is 3.11. The largest absolute Gasteiger partial charge is 0.369 e. The number of aromatic nitrogens is 5. The Hall–Kier alpha value is -6.18. The Bertz CT molecular complexity index is 2430. The molecule has 3 aromatic carbocycles. The van der Waals surface area contributed by atoms with Crippen LogP contribution >= 0.6 is 0 Å². The van der Waals surface area contributed by atoms with Gasteiger partial charge in [-0.25, -0.2) is 27.8 Å². The van der Waals surface area contributed by atoms with Gasteiger partial charge in [-0.2, -0.15) is 5.10 Å². The van der Waals surface area contributed by atoms with Crippen molar-refractivity contribution in [3.05, 3.63) is 119 Å². The molecule has 14 heteroatoms. The Morgan fingerprint density at radius 3 is 2.57 bits per heavy atom. The number of nitrogens with zero attached hydrogens (tertiary/aromatic N) is 7. The van der Waals surface area contributed by atoms with Crippen LogP contribution in [0.3, 0.4) is 0 Å². The molecule has 56 heavy (non-hydrogen) atoms. The van der Waals surface area contributed by atoms with Crippen LogP contribution in [0.25, 0.3) is 28.0 Å². The first-order chi connectivity index (χ1) is 27.0. The second-order valence-corrected chi connectivity index (χ2v) is 14.8. The first-order valence-electron chi connectivity index (χ1n) is 18.8. The van der Waals surface area contributed by atoms with Crippen LogP contribution in [-0.2, 0) is 17.8 Å². The molecule has 4 bridgehead atoms. The number of anilines is 2. The van der Waals surface area contributed by atoms with Crippen LogP contribution < -0.4 is 10.6 Å². The van der Waals surface area contributed by atoms with Crippen molar-refractivity contribution in [2.24, 2.45) is 5.92 Å². The van der Waals surface area contributed by atoms with Gasteiger partial charge in [-0.1, -0.05) is 43.3 Å². The number of aryl methyl sites for hydroxylation is 2. The number of carbonyl (C=O) groups is 2. The molecule has 3 aromatic heterocycles. The van der Waals surface area contributed by atoms with Crippen molar-refractivity contribution >= 4 is 34.5 Å². The van der Waals surface area contributed by atoms with Gasteiger partial charge in [0.05, 0.1) is 22.9 Å². The molecule has 2 amide bonds. The number of imidazole rings is 1. The average molecular weight is 762 g/mol. The van der Waals surface area contributed by atoms with E-state index >= 15 is 4.39 Å². The SMILES string of the molecule is Cc1nc2cc(F)cc3c2n1C[C@@H](C)CN(C)C(=O)[C@@H]1C[C@@H](CN1C(=O)c1cnn(-c2ccc(F)cc2F)c1NCCCc1ccccc1)Nc1cccc-3n1. The highest BCUT2D eigenvalue weighted by atomic mass is 19.1. The van der Waals surface area contributed by atoms with E-state index < -0.39 is 29.4 Å². The third-order valence-electron chi connectivity index (χ3n) is 10.6. The fourth-order valence-electron chi connectivity index (χ4n) is 8.03. The number of likely N-dealkylation sites (N-methyl/N-ethyl adjacent to an activating group) is 1. The Morgan fingerprint density at radius 1 is 0.946 bits per heavy atom. The first-order valence-corrected chi connectivity index (χ1v) is 18.8. The van der Waals surface area contributed by atoms with Gasteiger partial charge in [0.1, 0.15) is 46.4 Å². The lowest BCUT2D eigenvalue weighted by Crippen LogP contribution is -2.47. The summed E-state index contributed by atoms with van der Waals surface area (Å²) >= 11 is 0. The van der Waals surface area contributed by atoms with E-state index in [0.717, 1.165) is 29.6 Å².